The number of nitrogens with zero attached hydrogens (tertiary/aromatic N) is 4. The highest BCUT2D eigenvalue weighted by molar-refractivity contribution is 5.83. The summed E-state index contributed by atoms with van der Waals surface area (Å²) in [5, 5.41) is 7.02. The Labute approximate surface area is 259 Å². The Balaban J connectivity index is 1.14. The third kappa shape index (κ3) is 7.30. The molecule has 0 bridgehead atoms. The molecule has 2 aromatic carbocycles. The SMILES string of the molecule is COc1ccc(Cn2ncc(N[C@@H](C)COCCC(=O)N3CCn4c(cc5cc(C(F)(F)F)ccc54)C3)c(C(F)(F)F)c2=O)cc1. The first kappa shape index (κ1) is 32.9. The molecule has 1 aliphatic heterocycles. The summed E-state index contributed by atoms with van der Waals surface area (Å²) < 4.78 is 94.4. The van der Waals surface area contributed by atoms with Crippen LogP contribution < -0.4 is 15.6 Å². The topological polar surface area (TPSA) is 90.6 Å². The number of halogens is 6. The largest absolute Gasteiger partial charge is 0.497 e. The van der Waals surface area contributed by atoms with E-state index in [1.54, 1.807) is 42.2 Å². The van der Waals surface area contributed by atoms with Crippen molar-refractivity contribution in [3.05, 3.63) is 87.5 Å². The number of amides is 1. The smallest absolute Gasteiger partial charge is 0.423 e. The minimum Gasteiger partial charge on any atom is -0.497 e. The fourth-order valence-electron chi connectivity index (χ4n) is 5.38. The van der Waals surface area contributed by atoms with Gasteiger partial charge in [0.2, 0.25) is 5.91 Å². The molecule has 1 aliphatic rings. The van der Waals surface area contributed by atoms with Gasteiger partial charge in [-0.05, 0) is 48.9 Å². The van der Waals surface area contributed by atoms with Crippen LogP contribution in [0.3, 0.4) is 0 Å². The van der Waals surface area contributed by atoms with E-state index in [-0.39, 0.29) is 38.6 Å². The lowest BCUT2D eigenvalue weighted by molar-refractivity contribution is -0.139. The van der Waals surface area contributed by atoms with Crippen LogP contribution in [0.2, 0.25) is 0 Å². The van der Waals surface area contributed by atoms with E-state index in [0.717, 1.165) is 23.0 Å². The quantitative estimate of drug-likeness (QED) is 0.179. The third-order valence-electron chi connectivity index (χ3n) is 7.66. The van der Waals surface area contributed by atoms with Gasteiger partial charge in [-0.15, -0.1) is 0 Å². The molecule has 1 atom stereocenters. The Bertz CT molecular complexity index is 1760. The molecule has 3 heterocycles. The number of alkyl halides is 6. The molecular formula is C31H31F6N5O4. The molecule has 4 aromatic rings. The van der Waals surface area contributed by atoms with Crippen LogP contribution in [0, 0.1) is 0 Å². The number of methoxy groups -OCH3 is 1. The predicted octanol–water partition coefficient (Wildman–Crippen LogP) is 5.54. The van der Waals surface area contributed by atoms with Crippen LogP contribution in [0.1, 0.15) is 35.7 Å². The van der Waals surface area contributed by atoms with Crippen molar-refractivity contribution in [2.24, 2.45) is 0 Å². The molecule has 46 heavy (non-hydrogen) atoms. The van der Waals surface area contributed by atoms with Crippen LogP contribution in [-0.2, 0) is 41.5 Å². The Hall–Kier alpha value is -4.53. The van der Waals surface area contributed by atoms with E-state index in [1.807, 2.05) is 4.57 Å². The normalized spacial score (nSPS) is 14.3. The van der Waals surface area contributed by atoms with Gasteiger partial charge in [0, 0.05) is 35.7 Å². The Kier molecular flexibility index (Phi) is 9.33. The van der Waals surface area contributed by atoms with Crippen molar-refractivity contribution in [3.8, 4) is 5.75 Å². The summed E-state index contributed by atoms with van der Waals surface area (Å²) >= 11 is 0. The van der Waals surface area contributed by atoms with E-state index >= 15 is 0 Å². The van der Waals surface area contributed by atoms with E-state index in [4.69, 9.17) is 9.47 Å². The number of carbonyl (C=O) groups is 1. The van der Waals surface area contributed by atoms with E-state index < -0.39 is 40.8 Å². The van der Waals surface area contributed by atoms with Gasteiger partial charge in [0.15, 0.2) is 0 Å². The van der Waals surface area contributed by atoms with E-state index in [9.17, 15) is 35.9 Å². The van der Waals surface area contributed by atoms with Gasteiger partial charge in [0.1, 0.15) is 11.3 Å². The first-order chi connectivity index (χ1) is 21.7. The van der Waals surface area contributed by atoms with Gasteiger partial charge < -0.3 is 24.3 Å². The third-order valence-corrected chi connectivity index (χ3v) is 7.66. The second kappa shape index (κ2) is 13.1. The zero-order valence-electron chi connectivity index (χ0n) is 24.9. The van der Waals surface area contributed by atoms with Gasteiger partial charge in [-0.25, -0.2) is 4.68 Å². The molecule has 0 radical (unpaired) electrons. The van der Waals surface area contributed by atoms with Crippen LogP contribution in [0.4, 0.5) is 32.0 Å². The van der Waals surface area contributed by atoms with E-state index in [1.165, 1.54) is 13.2 Å². The first-order valence-corrected chi connectivity index (χ1v) is 14.4. The van der Waals surface area contributed by atoms with Gasteiger partial charge in [0.05, 0.1) is 57.3 Å². The molecule has 9 nitrogen and oxygen atoms in total. The molecular weight excluding hydrogens is 620 g/mol. The van der Waals surface area contributed by atoms with Crippen molar-refractivity contribution in [1.29, 1.82) is 0 Å². The van der Waals surface area contributed by atoms with Crippen molar-refractivity contribution < 1.29 is 40.6 Å². The molecule has 0 unspecified atom stereocenters. The summed E-state index contributed by atoms with van der Waals surface area (Å²) in [4.78, 5) is 27.2. The molecule has 0 fully saturated rings. The lowest BCUT2D eigenvalue weighted by Crippen LogP contribution is -2.38. The number of nitrogens with one attached hydrogen (secondary N) is 1. The predicted molar refractivity (Wildman–Crippen MR) is 156 cm³/mol. The average Bonchev–Trinajstić information content (AvgIpc) is 3.37. The molecule has 0 spiro atoms. The van der Waals surface area contributed by atoms with E-state index in [0.29, 0.717) is 41.0 Å². The van der Waals surface area contributed by atoms with Crippen molar-refractivity contribution in [2.45, 2.75) is 51.4 Å². The van der Waals surface area contributed by atoms with Crippen LogP contribution >= 0.6 is 0 Å². The summed E-state index contributed by atoms with van der Waals surface area (Å²) in [6.45, 7) is 2.35. The lowest BCUT2D eigenvalue weighted by Gasteiger charge is -2.29. The van der Waals surface area contributed by atoms with Crippen molar-refractivity contribution in [2.75, 3.05) is 32.2 Å². The minimum atomic E-state index is -4.95. The second-order valence-corrected chi connectivity index (χ2v) is 11.0. The number of rotatable bonds is 10. The average molecular weight is 652 g/mol. The molecule has 246 valence electrons. The standard InChI is InChI=1S/C31H31F6N5O4/c1-19(39-25-15-38-42(29(44)28(25)31(35,36)37)16-20-3-6-24(45-2)7-4-20)18-46-12-9-27(43)40-10-11-41-23(17-40)14-21-13-22(30(32,33)34)5-8-26(21)41/h3-8,13-15,19,39H,9-12,16-18H2,1-2H3/t19-/m0/s1. The summed E-state index contributed by atoms with van der Waals surface area (Å²) in [6.07, 6.45) is -8.45. The number of anilines is 1. The monoisotopic (exact) mass is 651 g/mol. The number of carbonyl (C=O) groups excluding carboxylic acids is 1. The highest BCUT2D eigenvalue weighted by Gasteiger charge is 2.38. The molecule has 1 N–H and O–H groups in total. The summed E-state index contributed by atoms with van der Waals surface area (Å²) in [5.41, 5.74) is -1.96. The molecule has 0 aliphatic carbocycles. The Morgan fingerprint density at radius 1 is 1.02 bits per heavy atom. The van der Waals surface area contributed by atoms with Crippen LogP contribution in [0.15, 0.2) is 59.5 Å². The Morgan fingerprint density at radius 3 is 2.43 bits per heavy atom. The zero-order valence-corrected chi connectivity index (χ0v) is 24.9. The van der Waals surface area contributed by atoms with Gasteiger partial charge in [-0.2, -0.15) is 31.4 Å². The Morgan fingerprint density at radius 2 is 1.76 bits per heavy atom. The maximum absolute atomic E-state index is 13.9. The fraction of sp³-hybridized carbons (Fsp3) is 0.387. The highest BCUT2D eigenvalue weighted by atomic mass is 19.4. The number of hydrogen-bond acceptors (Lipinski definition) is 6. The molecule has 1 amide bonds. The fourth-order valence-corrected chi connectivity index (χ4v) is 5.38. The zero-order chi connectivity index (χ0) is 33.2. The van der Waals surface area contributed by atoms with Crippen LogP contribution in [0.25, 0.3) is 10.9 Å². The molecule has 15 heteroatoms. The molecule has 5 rings (SSSR count). The van der Waals surface area contributed by atoms with Gasteiger partial charge in [-0.3, -0.25) is 9.59 Å². The molecule has 0 saturated carbocycles. The van der Waals surface area contributed by atoms with Crippen molar-refractivity contribution in [3.63, 3.8) is 0 Å². The summed E-state index contributed by atoms with van der Waals surface area (Å²) in [7, 11) is 1.48. The van der Waals surface area contributed by atoms with Crippen molar-refractivity contribution >= 4 is 22.5 Å². The first-order valence-electron chi connectivity index (χ1n) is 14.4. The highest BCUT2D eigenvalue weighted by Crippen LogP contribution is 2.34. The number of aromatic nitrogens is 3. The van der Waals surface area contributed by atoms with E-state index in [2.05, 4.69) is 10.4 Å². The lowest BCUT2D eigenvalue weighted by atomic mass is 10.1. The maximum Gasteiger partial charge on any atom is 0.423 e. The number of ether oxygens (including phenoxy) is 2. The number of hydrogen-bond donors (Lipinski definition) is 1. The number of fused-ring (bicyclic) bond motifs is 3. The summed E-state index contributed by atoms with van der Waals surface area (Å²) in [5.74, 6) is 0.335. The molecule has 0 saturated heterocycles. The summed E-state index contributed by atoms with van der Waals surface area (Å²) in [6, 6.07) is 11.0. The minimum absolute atomic E-state index is 0.00192. The molecule has 2 aromatic heterocycles. The maximum atomic E-state index is 13.9. The van der Waals surface area contributed by atoms with Gasteiger partial charge in [-0.1, -0.05) is 12.1 Å². The van der Waals surface area contributed by atoms with Crippen LogP contribution in [0.5, 0.6) is 5.75 Å². The second-order valence-electron chi connectivity index (χ2n) is 11.0. The van der Waals surface area contributed by atoms with Gasteiger partial charge >= 0.3 is 12.4 Å². The van der Waals surface area contributed by atoms with Crippen LogP contribution in [-0.4, -0.2) is 58.1 Å². The number of benzene rings is 2. The van der Waals surface area contributed by atoms with Crippen molar-refractivity contribution in [1.82, 2.24) is 19.2 Å². The van der Waals surface area contributed by atoms with Gasteiger partial charge in [0.25, 0.3) is 5.56 Å².